The Hall–Kier alpha value is -0.0400. The summed E-state index contributed by atoms with van der Waals surface area (Å²) < 4.78 is 6.03. The molecule has 0 aromatic rings. The lowest BCUT2D eigenvalue weighted by Gasteiger charge is -2.57. The second kappa shape index (κ2) is 7.02. The highest BCUT2D eigenvalue weighted by atomic mass is 127. The second-order valence-electron chi connectivity index (χ2n) is 7.15. The molecule has 122 valence electrons. The van der Waals surface area contributed by atoms with Gasteiger partial charge in [-0.3, -0.25) is 4.99 Å². The van der Waals surface area contributed by atoms with Crippen molar-refractivity contribution in [2.45, 2.75) is 58.1 Å². The summed E-state index contributed by atoms with van der Waals surface area (Å²) in [5.41, 5.74) is 0.399. The monoisotopic (exact) mass is 407 g/mol. The molecule has 1 heterocycles. The molecule has 21 heavy (non-hydrogen) atoms. The van der Waals surface area contributed by atoms with E-state index in [2.05, 4.69) is 29.5 Å². The lowest BCUT2D eigenvalue weighted by Crippen LogP contribution is -2.69. The minimum Gasteiger partial charge on any atom is -0.377 e. The Morgan fingerprint density at radius 3 is 2.67 bits per heavy atom. The highest BCUT2D eigenvalue weighted by molar-refractivity contribution is 14.0. The van der Waals surface area contributed by atoms with Gasteiger partial charge in [0, 0.05) is 37.6 Å². The third-order valence-corrected chi connectivity index (χ3v) is 5.48. The quantitative estimate of drug-likeness (QED) is 0.430. The van der Waals surface area contributed by atoms with E-state index in [1.165, 1.54) is 32.1 Å². The lowest BCUT2D eigenvalue weighted by atomic mass is 9.54. The first-order chi connectivity index (χ1) is 9.67. The van der Waals surface area contributed by atoms with Gasteiger partial charge in [0.05, 0.1) is 6.10 Å². The normalized spacial score (nSPS) is 33.5. The van der Waals surface area contributed by atoms with Gasteiger partial charge in [-0.25, -0.2) is 0 Å². The Kier molecular flexibility index (Phi) is 5.79. The number of aliphatic imine (C=N–C) groups is 1. The molecule has 3 fully saturated rings. The van der Waals surface area contributed by atoms with Gasteiger partial charge >= 0.3 is 0 Å². The highest BCUT2D eigenvalue weighted by Gasteiger charge is 2.65. The molecule has 0 aromatic heterocycles. The SMILES string of the molecule is CN=C(NCC(C)C)NC1C2CCOC2C12CCCC2.I. The summed E-state index contributed by atoms with van der Waals surface area (Å²) in [4.78, 5) is 4.40. The van der Waals surface area contributed by atoms with Gasteiger partial charge in [0.25, 0.3) is 0 Å². The molecule has 0 radical (unpaired) electrons. The summed E-state index contributed by atoms with van der Waals surface area (Å²) >= 11 is 0. The van der Waals surface area contributed by atoms with E-state index in [0.29, 0.717) is 29.4 Å². The van der Waals surface area contributed by atoms with Crippen LogP contribution >= 0.6 is 24.0 Å². The number of guanidine groups is 1. The van der Waals surface area contributed by atoms with Crippen molar-refractivity contribution in [2.75, 3.05) is 20.2 Å². The maximum absolute atomic E-state index is 6.03. The minimum atomic E-state index is 0. The van der Waals surface area contributed by atoms with Crippen molar-refractivity contribution < 1.29 is 4.74 Å². The minimum absolute atomic E-state index is 0. The second-order valence-corrected chi connectivity index (χ2v) is 7.15. The van der Waals surface area contributed by atoms with Crippen LogP contribution in [0.1, 0.15) is 46.0 Å². The van der Waals surface area contributed by atoms with Crippen molar-refractivity contribution in [2.24, 2.45) is 22.2 Å². The van der Waals surface area contributed by atoms with E-state index in [4.69, 9.17) is 4.74 Å². The molecule has 2 aliphatic carbocycles. The summed E-state index contributed by atoms with van der Waals surface area (Å²) in [6.07, 6.45) is 7.11. The predicted molar refractivity (Wildman–Crippen MR) is 97.3 cm³/mol. The van der Waals surface area contributed by atoms with Gasteiger partial charge in [-0.15, -0.1) is 24.0 Å². The van der Waals surface area contributed by atoms with E-state index < -0.39 is 0 Å². The molecule has 2 N–H and O–H groups in total. The maximum atomic E-state index is 6.03. The van der Waals surface area contributed by atoms with E-state index in [1.807, 2.05) is 7.05 Å². The molecule has 1 saturated heterocycles. The molecule has 3 atom stereocenters. The standard InChI is InChI=1S/C16H29N3O.HI/c1-11(2)10-18-15(17-3)19-13-12-6-9-20-14(12)16(13)7-4-5-8-16;/h11-14H,4-10H2,1-3H3,(H2,17,18,19);1H. The zero-order valence-electron chi connectivity index (χ0n) is 13.5. The van der Waals surface area contributed by atoms with Gasteiger partial charge in [-0.05, 0) is 25.2 Å². The molecule has 1 spiro atoms. The molecular weight excluding hydrogens is 377 g/mol. The van der Waals surface area contributed by atoms with Gasteiger partial charge in [-0.1, -0.05) is 26.7 Å². The molecule has 3 rings (SSSR count). The van der Waals surface area contributed by atoms with Crippen molar-refractivity contribution in [3.63, 3.8) is 0 Å². The van der Waals surface area contributed by atoms with Crippen LogP contribution in [-0.2, 0) is 4.74 Å². The Morgan fingerprint density at radius 2 is 2.05 bits per heavy atom. The average Bonchev–Trinajstić information content (AvgIpc) is 3.06. The Morgan fingerprint density at radius 1 is 1.33 bits per heavy atom. The van der Waals surface area contributed by atoms with E-state index in [0.717, 1.165) is 19.1 Å². The van der Waals surface area contributed by atoms with E-state index in [1.54, 1.807) is 0 Å². The van der Waals surface area contributed by atoms with Crippen LogP contribution in [0, 0.1) is 17.3 Å². The number of nitrogens with one attached hydrogen (secondary N) is 2. The Balaban J connectivity index is 0.00000161. The van der Waals surface area contributed by atoms with Gasteiger partial charge < -0.3 is 15.4 Å². The summed E-state index contributed by atoms with van der Waals surface area (Å²) in [6, 6.07) is 0.566. The first kappa shape index (κ1) is 17.3. The number of hydrogen-bond donors (Lipinski definition) is 2. The van der Waals surface area contributed by atoms with Gasteiger partial charge in [0.15, 0.2) is 5.96 Å². The average molecular weight is 407 g/mol. The molecular formula is C16H30IN3O. The number of ether oxygens (including phenoxy) is 1. The smallest absolute Gasteiger partial charge is 0.191 e. The molecule has 0 aromatic carbocycles. The summed E-state index contributed by atoms with van der Waals surface area (Å²) in [6.45, 7) is 6.38. The fourth-order valence-electron chi connectivity index (χ4n) is 4.55. The van der Waals surface area contributed by atoms with Gasteiger partial charge in [0.1, 0.15) is 0 Å². The summed E-state index contributed by atoms with van der Waals surface area (Å²) in [5, 5.41) is 7.17. The van der Waals surface area contributed by atoms with Crippen molar-refractivity contribution >= 4 is 29.9 Å². The van der Waals surface area contributed by atoms with Crippen LogP contribution in [0.4, 0.5) is 0 Å². The molecule has 3 aliphatic rings. The summed E-state index contributed by atoms with van der Waals surface area (Å²) in [5.74, 6) is 2.31. The largest absolute Gasteiger partial charge is 0.377 e. The van der Waals surface area contributed by atoms with Crippen LogP contribution in [0.25, 0.3) is 0 Å². The van der Waals surface area contributed by atoms with Crippen LogP contribution in [0.2, 0.25) is 0 Å². The first-order valence-corrected chi connectivity index (χ1v) is 8.26. The summed E-state index contributed by atoms with van der Waals surface area (Å²) in [7, 11) is 1.87. The van der Waals surface area contributed by atoms with Crippen molar-refractivity contribution in [1.29, 1.82) is 0 Å². The zero-order valence-corrected chi connectivity index (χ0v) is 15.9. The molecule has 3 unspecified atom stereocenters. The first-order valence-electron chi connectivity index (χ1n) is 8.26. The predicted octanol–water partition coefficient (Wildman–Crippen LogP) is 2.77. The number of halogens is 1. The lowest BCUT2D eigenvalue weighted by molar-refractivity contribution is -0.125. The van der Waals surface area contributed by atoms with Crippen molar-refractivity contribution in [3.05, 3.63) is 0 Å². The molecule has 0 bridgehead atoms. The molecule has 4 nitrogen and oxygen atoms in total. The zero-order chi connectivity index (χ0) is 14.2. The van der Waals surface area contributed by atoms with Crippen molar-refractivity contribution in [3.8, 4) is 0 Å². The van der Waals surface area contributed by atoms with Gasteiger partial charge in [0.2, 0.25) is 0 Å². The Bertz CT molecular complexity index is 380. The van der Waals surface area contributed by atoms with Crippen LogP contribution < -0.4 is 10.6 Å². The number of fused-ring (bicyclic) bond motifs is 2. The van der Waals surface area contributed by atoms with E-state index >= 15 is 0 Å². The van der Waals surface area contributed by atoms with Gasteiger partial charge in [-0.2, -0.15) is 0 Å². The van der Waals surface area contributed by atoms with E-state index in [-0.39, 0.29) is 24.0 Å². The molecule has 1 aliphatic heterocycles. The number of nitrogens with zero attached hydrogens (tertiary/aromatic N) is 1. The topological polar surface area (TPSA) is 45.7 Å². The fraction of sp³-hybridized carbons (Fsp3) is 0.938. The van der Waals surface area contributed by atoms with Crippen LogP contribution in [-0.4, -0.2) is 38.3 Å². The van der Waals surface area contributed by atoms with Crippen LogP contribution in [0.5, 0.6) is 0 Å². The fourth-order valence-corrected chi connectivity index (χ4v) is 4.55. The highest BCUT2D eigenvalue weighted by Crippen LogP contribution is 2.60. The molecule has 2 saturated carbocycles. The third-order valence-electron chi connectivity index (χ3n) is 5.48. The number of rotatable bonds is 3. The third kappa shape index (κ3) is 3.05. The Labute approximate surface area is 145 Å². The number of hydrogen-bond acceptors (Lipinski definition) is 2. The van der Waals surface area contributed by atoms with E-state index in [9.17, 15) is 0 Å². The molecule has 0 amide bonds. The van der Waals surface area contributed by atoms with Crippen LogP contribution in [0.15, 0.2) is 4.99 Å². The maximum Gasteiger partial charge on any atom is 0.191 e. The van der Waals surface area contributed by atoms with Crippen molar-refractivity contribution in [1.82, 2.24) is 10.6 Å². The van der Waals surface area contributed by atoms with Crippen LogP contribution in [0.3, 0.4) is 0 Å². The molecule has 5 heteroatoms.